The number of carbonyl (C=O) groups excluding carboxylic acids is 1. The van der Waals surface area contributed by atoms with Crippen LogP contribution in [-0.4, -0.2) is 54.1 Å². The van der Waals surface area contributed by atoms with Crippen molar-refractivity contribution in [3.05, 3.63) is 42.2 Å². The molecule has 0 atom stereocenters. The molecule has 0 spiro atoms. The van der Waals surface area contributed by atoms with Crippen LogP contribution in [0.3, 0.4) is 0 Å². The summed E-state index contributed by atoms with van der Waals surface area (Å²) in [6.07, 6.45) is 1.58. The third kappa shape index (κ3) is 5.34. The van der Waals surface area contributed by atoms with E-state index in [1.807, 2.05) is 38.1 Å². The second-order valence-electron chi connectivity index (χ2n) is 5.19. The molecule has 0 bridgehead atoms. The zero-order valence-corrected chi connectivity index (χ0v) is 14.9. The Hall–Kier alpha value is -2.83. The van der Waals surface area contributed by atoms with Crippen molar-refractivity contribution < 1.29 is 14.3 Å². The number of methoxy groups -OCH3 is 1. The Bertz CT molecular complexity index is 672. The molecule has 7 nitrogen and oxygen atoms in total. The van der Waals surface area contributed by atoms with Crippen LogP contribution in [0.1, 0.15) is 24.3 Å². The van der Waals surface area contributed by atoms with Crippen LogP contribution < -0.4 is 14.8 Å². The van der Waals surface area contributed by atoms with E-state index in [0.717, 1.165) is 11.5 Å². The molecule has 0 unspecified atom stereocenters. The Balaban J connectivity index is 1.84. The van der Waals surface area contributed by atoms with E-state index in [2.05, 4.69) is 15.3 Å². The molecule has 0 aliphatic rings. The highest BCUT2D eigenvalue weighted by Gasteiger charge is 2.14. The summed E-state index contributed by atoms with van der Waals surface area (Å²) < 4.78 is 10.7. The highest BCUT2D eigenvalue weighted by atomic mass is 16.5. The Morgan fingerprint density at radius 2 is 1.80 bits per heavy atom. The Labute approximate surface area is 148 Å². The van der Waals surface area contributed by atoms with Crippen molar-refractivity contribution in [2.45, 2.75) is 13.8 Å². The Kier molecular flexibility index (Phi) is 7.00. The van der Waals surface area contributed by atoms with Gasteiger partial charge in [-0.2, -0.15) is 0 Å². The number of nitrogens with one attached hydrogen (secondary N) is 1. The van der Waals surface area contributed by atoms with E-state index in [0.29, 0.717) is 37.9 Å². The molecule has 134 valence electrons. The van der Waals surface area contributed by atoms with E-state index in [1.165, 1.54) is 0 Å². The second kappa shape index (κ2) is 9.46. The number of anilines is 1. The van der Waals surface area contributed by atoms with Gasteiger partial charge in [0.1, 0.15) is 23.8 Å². The number of hydrogen-bond acceptors (Lipinski definition) is 6. The molecule has 2 rings (SSSR count). The molecule has 0 aliphatic heterocycles. The maximum Gasteiger partial charge on any atom is 0.272 e. The van der Waals surface area contributed by atoms with Crippen molar-refractivity contribution in [2.75, 3.05) is 38.7 Å². The molecule has 7 heteroatoms. The number of benzene rings is 1. The van der Waals surface area contributed by atoms with Crippen LogP contribution in [0.25, 0.3) is 0 Å². The minimum atomic E-state index is -0.0927. The van der Waals surface area contributed by atoms with E-state index in [1.54, 1.807) is 24.3 Å². The summed E-state index contributed by atoms with van der Waals surface area (Å²) in [6.45, 7) is 6.16. The zero-order chi connectivity index (χ0) is 18.1. The molecule has 1 aromatic carbocycles. The fourth-order valence-electron chi connectivity index (χ4n) is 2.24. The topological polar surface area (TPSA) is 76.6 Å². The molecule has 1 N–H and O–H groups in total. The minimum Gasteiger partial charge on any atom is -0.497 e. The summed E-state index contributed by atoms with van der Waals surface area (Å²) >= 11 is 0. The molecule has 2 aromatic rings. The van der Waals surface area contributed by atoms with Gasteiger partial charge in [0.05, 0.1) is 13.7 Å². The zero-order valence-electron chi connectivity index (χ0n) is 14.9. The summed E-state index contributed by atoms with van der Waals surface area (Å²) in [5.74, 6) is 1.86. The molecule has 25 heavy (non-hydrogen) atoms. The molecule has 1 aromatic heterocycles. The number of ether oxygens (including phenoxy) is 2. The predicted molar refractivity (Wildman–Crippen MR) is 96.3 cm³/mol. The van der Waals surface area contributed by atoms with Crippen LogP contribution in [0, 0.1) is 0 Å². The number of carbonyl (C=O) groups is 1. The molecule has 0 aliphatic carbocycles. The smallest absolute Gasteiger partial charge is 0.272 e. The van der Waals surface area contributed by atoms with Crippen LogP contribution in [0.5, 0.6) is 11.5 Å². The van der Waals surface area contributed by atoms with Crippen molar-refractivity contribution in [1.29, 1.82) is 0 Å². The van der Waals surface area contributed by atoms with E-state index in [4.69, 9.17) is 9.47 Å². The fourth-order valence-corrected chi connectivity index (χ4v) is 2.24. The lowest BCUT2D eigenvalue weighted by atomic mass is 10.3. The molecule has 0 saturated heterocycles. The van der Waals surface area contributed by atoms with Gasteiger partial charge in [-0.1, -0.05) is 0 Å². The molecule has 0 radical (unpaired) electrons. The lowest BCUT2D eigenvalue weighted by molar-refractivity contribution is 0.0767. The molecule has 0 saturated carbocycles. The number of rotatable bonds is 9. The summed E-state index contributed by atoms with van der Waals surface area (Å²) in [6, 6.07) is 9.00. The number of amides is 1. The van der Waals surface area contributed by atoms with Gasteiger partial charge in [0.25, 0.3) is 5.91 Å². The monoisotopic (exact) mass is 344 g/mol. The predicted octanol–water partition coefficient (Wildman–Crippen LogP) is 2.46. The molecule has 1 heterocycles. The van der Waals surface area contributed by atoms with Crippen molar-refractivity contribution >= 4 is 11.9 Å². The van der Waals surface area contributed by atoms with Crippen LogP contribution in [0.2, 0.25) is 0 Å². The van der Waals surface area contributed by atoms with Gasteiger partial charge in [-0.15, -0.1) is 0 Å². The normalized spacial score (nSPS) is 10.2. The first-order valence-electron chi connectivity index (χ1n) is 8.31. The molecular weight excluding hydrogens is 320 g/mol. The molecular formula is C18H24N4O3. The van der Waals surface area contributed by atoms with Gasteiger partial charge in [0.2, 0.25) is 5.95 Å². The van der Waals surface area contributed by atoms with Gasteiger partial charge in [-0.25, -0.2) is 9.97 Å². The van der Waals surface area contributed by atoms with Gasteiger partial charge in [-0.05, 0) is 44.2 Å². The number of hydrogen-bond donors (Lipinski definition) is 1. The van der Waals surface area contributed by atoms with Gasteiger partial charge >= 0.3 is 0 Å². The van der Waals surface area contributed by atoms with Gasteiger partial charge in [0.15, 0.2) is 0 Å². The molecule has 0 fully saturated rings. The molecule has 1 amide bonds. The SMILES string of the molecule is CCN(CC)C(=O)c1ccnc(NCCOc2ccc(OC)cc2)n1. The third-order valence-corrected chi connectivity index (χ3v) is 3.64. The first-order chi connectivity index (χ1) is 12.2. The van der Waals surface area contributed by atoms with Gasteiger partial charge in [0, 0.05) is 19.3 Å². The van der Waals surface area contributed by atoms with E-state index in [-0.39, 0.29) is 5.91 Å². The third-order valence-electron chi connectivity index (χ3n) is 3.64. The van der Waals surface area contributed by atoms with Crippen molar-refractivity contribution in [2.24, 2.45) is 0 Å². The average molecular weight is 344 g/mol. The number of aromatic nitrogens is 2. The average Bonchev–Trinajstić information content (AvgIpc) is 2.67. The quantitative estimate of drug-likeness (QED) is 0.704. The van der Waals surface area contributed by atoms with Crippen molar-refractivity contribution in [3.63, 3.8) is 0 Å². The van der Waals surface area contributed by atoms with Crippen LogP contribution in [0.4, 0.5) is 5.95 Å². The van der Waals surface area contributed by atoms with E-state index < -0.39 is 0 Å². The number of nitrogens with zero attached hydrogens (tertiary/aromatic N) is 3. The maximum absolute atomic E-state index is 12.3. The summed E-state index contributed by atoms with van der Waals surface area (Å²) in [5.41, 5.74) is 0.386. The summed E-state index contributed by atoms with van der Waals surface area (Å²) in [5, 5.41) is 3.07. The summed E-state index contributed by atoms with van der Waals surface area (Å²) in [4.78, 5) is 22.4. The van der Waals surface area contributed by atoms with Crippen LogP contribution >= 0.6 is 0 Å². The first kappa shape index (κ1) is 18.5. The Morgan fingerprint density at radius 1 is 1.12 bits per heavy atom. The lowest BCUT2D eigenvalue weighted by Crippen LogP contribution is -2.31. The van der Waals surface area contributed by atoms with E-state index in [9.17, 15) is 4.79 Å². The highest BCUT2D eigenvalue weighted by Crippen LogP contribution is 2.16. The van der Waals surface area contributed by atoms with Crippen LogP contribution in [-0.2, 0) is 0 Å². The van der Waals surface area contributed by atoms with E-state index >= 15 is 0 Å². The Morgan fingerprint density at radius 3 is 2.44 bits per heavy atom. The van der Waals surface area contributed by atoms with Crippen molar-refractivity contribution in [3.8, 4) is 11.5 Å². The largest absolute Gasteiger partial charge is 0.497 e. The second-order valence-corrected chi connectivity index (χ2v) is 5.19. The fraction of sp³-hybridized carbons (Fsp3) is 0.389. The highest BCUT2D eigenvalue weighted by molar-refractivity contribution is 5.92. The lowest BCUT2D eigenvalue weighted by Gasteiger charge is -2.18. The van der Waals surface area contributed by atoms with Crippen molar-refractivity contribution in [1.82, 2.24) is 14.9 Å². The van der Waals surface area contributed by atoms with Crippen LogP contribution in [0.15, 0.2) is 36.5 Å². The summed E-state index contributed by atoms with van der Waals surface area (Å²) in [7, 11) is 1.62. The standard InChI is InChI=1S/C18H24N4O3/c1-4-22(5-2)17(23)16-10-11-19-18(21-16)20-12-13-25-15-8-6-14(24-3)7-9-15/h6-11H,4-5,12-13H2,1-3H3,(H,19,20,21). The van der Waals surface area contributed by atoms with Gasteiger partial charge in [-0.3, -0.25) is 4.79 Å². The van der Waals surface area contributed by atoms with Gasteiger partial charge < -0.3 is 19.7 Å². The first-order valence-corrected chi connectivity index (χ1v) is 8.31. The maximum atomic E-state index is 12.3. The minimum absolute atomic E-state index is 0.0927.